The number of nitrogens with two attached hydrogens (primary N) is 1. The van der Waals surface area contributed by atoms with Gasteiger partial charge in [0.25, 0.3) is 0 Å². The Labute approximate surface area is 107 Å². The first-order chi connectivity index (χ1) is 8.66. The number of nitrogen functional groups attached to an aromatic ring is 1. The Balaban J connectivity index is 2.03. The highest BCUT2D eigenvalue weighted by molar-refractivity contribution is 5.81. The molecule has 1 aromatic heterocycles. The summed E-state index contributed by atoms with van der Waals surface area (Å²) >= 11 is 0. The van der Waals surface area contributed by atoms with Gasteiger partial charge in [0.05, 0.1) is 17.1 Å². The van der Waals surface area contributed by atoms with Crippen LogP contribution in [0, 0.1) is 12.8 Å². The van der Waals surface area contributed by atoms with Crippen molar-refractivity contribution < 1.29 is 4.74 Å². The first-order valence-electron chi connectivity index (χ1n) is 6.49. The molecule has 1 fully saturated rings. The van der Waals surface area contributed by atoms with Crippen LogP contribution in [0.3, 0.4) is 0 Å². The minimum absolute atomic E-state index is 0.311. The number of hydrogen-bond acceptors (Lipinski definition) is 3. The third-order valence-corrected chi connectivity index (χ3v) is 3.95. The largest absolute Gasteiger partial charge is 0.378 e. The molecule has 18 heavy (non-hydrogen) atoms. The number of ether oxygens (including phenoxy) is 1. The summed E-state index contributed by atoms with van der Waals surface area (Å²) in [5.74, 6) is 1.14. The van der Waals surface area contributed by atoms with Crippen LogP contribution in [0.1, 0.15) is 18.9 Å². The number of hydrogen-bond donors (Lipinski definition) is 1. The number of fused-ring (bicyclic) bond motifs is 1. The van der Waals surface area contributed by atoms with Gasteiger partial charge < -0.3 is 15.0 Å². The average Bonchev–Trinajstić information content (AvgIpc) is 2.86. The summed E-state index contributed by atoms with van der Waals surface area (Å²) in [7, 11) is 0. The van der Waals surface area contributed by atoms with Crippen molar-refractivity contribution in [2.45, 2.75) is 32.9 Å². The van der Waals surface area contributed by atoms with Crippen LogP contribution in [0.2, 0.25) is 0 Å². The molecule has 1 aliphatic rings. The van der Waals surface area contributed by atoms with E-state index in [0.29, 0.717) is 18.0 Å². The first kappa shape index (κ1) is 11.5. The van der Waals surface area contributed by atoms with Gasteiger partial charge in [-0.1, -0.05) is 12.1 Å². The molecular formula is C14H19N3O. The summed E-state index contributed by atoms with van der Waals surface area (Å²) in [6, 6.07) is 6.15. The summed E-state index contributed by atoms with van der Waals surface area (Å²) < 4.78 is 7.76. The van der Waals surface area contributed by atoms with Crippen LogP contribution in [0.4, 0.5) is 5.95 Å². The van der Waals surface area contributed by atoms with Gasteiger partial charge in [-0.15, -0.1) is 0 Å². The van der Waals surface area contributed by atoms with Crippen LogP contribution in [0.25, 0.3) is 11.0 Å². The quantitative estimate of drug-likeness (QED) is 0.883. The maximum absolute atomic E-state index is 6.06. The van der Waals surface area contributed by atoms with E-state index in [1.807, 2.05) is 12.1 Å². The first-order valence-corrected chi connectivity index (χ1v) is 6.49. The summed E-state index contributed by atoms with van der Waals surface area (Å²) in [5.41, 5.74) is 9.43. The SMILES string of the molecule is Cc1cccc2nc(N)n(CC3CCOC3C)c12. The maximum Gasteiger partial charge on any atom is 0.201 e. The van der Waals surface area contributed by atoms with E-state index >= 15 is 0 Å². The molecule has 0 aliphatic carbocycles. The predicted molar refractivity (Wildman–Crippen MR) is 72.4 cm³/mol. The molecule has 2 N–H and O–H groups in total. The van der Waals surface area contributed by atoms with Gasteiger partial charge >= 0.3 is 0 Å². The smallest absolute Gasteiger partial charge is 0.201 e. The van der Waals surface area contributed by atoms with E-state index in [2.05, 4.69) is 29.5 Å². The molecule has 3 rings (SSSR count). The van der Waals surface area contributed by atoms with Crippen LogP contribution < -0.4 is 5.73 Å². The second kappa shape index (κ2) is 4.28. The van der Waals surface area contributed by atoms with Crippen molar-refractivity contribution in [3.63, 3.8) is 0 Å². The van der Waals surface area contributed by atoms with Gasteiger partial charge in [0.1, 0.15) is 0 Å². The molecule has 2 atom stereocenters. The van der Waals surface area contributed by atoms with Crippen LogP contribution in [-0.2, 0) is 11.3 Å². The molecule has 0 radical (unpaired) electrons. The molecule has 0 spiro atoms. The number of anilines is 1. The van der Waals surface area contributed by atoms with E-state index in [0.717, 1.165) is 30.6 Å². The normalized spacial score (nSPS) is 23.9. The van der Waals surface area contributed by atoms with Crippen LogP contribution in [-0.4, -0.2) is 22.3 Å². The lowest BCUT2D eigenvalue weighted by atomic mass is 10.0. The molecule has 96 valence electrons. The fourth-order valence-electron chi connectivity index (χ4n) is 2.82. The van der Waals surface area contributed by atoms with Crippen molar-refractivity contribution in [1.82, 2.24) is 9.55 Å². The van der Waals surface area contributed by atoms with E-state index in [1.165, 1.54) is 5.56 Å². The van der Waals surface area contributed by atoms with E-state index in [-0.39, 0.29) is 0 Å². The van der Waals surface area contributed by atoms with Gasteiger partial charge in [-0.3, -0.25) is 0 Å². The van der Waals surface area contributed by atoms with Crippen molar-refractivity contribution in [2.75, 3.05) is 12.3 Å². The van der Waals surface area contributed by atoms with Gasteiger partial charge in [-0.25, -0.2) is 4.98 Å². The summed E-state index contributed by atoms with van der Waals surface area (Å²) in [4.78, 5) is 4.44. The van der Waals surface area contributed by atoms with Crippen LogP contribution in [0.15, 0.2) is 18.2 Å². The molecule has 2 unspecified atom stereocenters. The van der Waals surface area contributed by atoms with Gasteiger partial charge in [-0.05, 0) is 31.9 Å². The monoisotopic (exact) mass is 245 g/mol. The number of benzene rings is 1. The third-order valence-electron chi connectivity index (χ3n) is 3.95. The van der Waals surface area contributed by atoms with Crippen molar-refractivity contribution in [3.8, 4) is 0 Å². The molecule has 4 nitrogen and oxygen atoms in total. The molecule has 0 amide bonds. The summed E-state index contributed by atoms with van der Waals surface area (Å²) in [6.07, 6.45) is 1.41. The molecule has 2 aromatic rings. The predicted octanol–water partition coefficient (Wildman–Crippen LogP) is 2.35. The lowest BCUT2D eigenvalue weighted by Gasteiger charge is -2.16. The van der Waals surface area contributed by atoms with Gasteiger partial charge in [0.15, 0.2) is 0 Å². The highest BCUT2D eigenvalue weighted by Crippen LogP contribution is 2.27. The minimum atomic E-state index is 0.311. The fraction of sp³-hybridized carbons (Fsp3) is 0.500. The van der Waals surface area contributed by atoms with E-state index in [9.17, 15) is 0 Å². The molecule has 0 bridgehead atoms. The Morgan fingerprint density at radius 2 is 2.33 bits per heavy atom. The van der Waals surface area contributed by atoms with E-state index in [4.69, 9.17) is 10.5 Å². The van der Waals surface area contributed by atoms with Crippen molar-refractivity contribution in [2.24, 2.45) is 5.92 Å². The van der Waals surface area contributed by atoms with Crippen molar-refractivity contribution in [1.29, 1.82) is 0 Å². The summed E-state index contributed by atoms with van der Waals surface area (Å²) in [5, 5.41) is 0. The molecular weight excluding hydrogens is 226 g/mol. The number of aromatic nitrogens is 2. The Hall–Kier alpha value is -1.55. The van der Waals surface area contributed by atoms with Gasteiger partial charge in [0.2, 0.25) is 5.95 Å². The fourth-order valence-corrected chi connectivity index (χ4v) is 2.82. The lowest BCUT2D eigenvalue weighted by Crippen LogP contribution is -2.19. The Morgan fingerprint density at radius 3 is 3.06 bits per heavy atom. The van der Waals surface area contributed by atoms with Gasteiger partial charge in [0, 0.05) is 19.1 Å². The lowest BCUT2D eigenvalue weighted by molar-refractivity contribution is 0.102. The molecule has 1 aromatic carbocycles. The molecule has 1 aliphatic heterocycles. The Bertz CT molecular complexity index is 576. The highest BCUT2D eigenvalue weighted by Gasteiger charge is 2.26. The highest BCUT2D eigenvalue weighted by atomic mass is 16.5. The minimum Gasteiger partial charge on any atom is -0.378 e. The number of imidazole rings is 1. The maximum atomic E-state index is 6.06. The third kappa shape index (κ3) is 1.77. The molecule has 2 heterocycles. The average molecular weight is 245 g/mol. The standard InChI is InChI=1S/C14H19N3O/c1-9-4-3-5-12-13(9)17(14(15)16-12)8-11-6-7-18-10(11)2/h3-5,10-11H,6-8H2,1-2H3,(H2,15,16). The summed E-state index contributed by atoms with van der Waals surface area (Å²) in [6.45, 7) is 6.00. The number of aryl methyl sites for hydroxylation is 1. The number of nitrogens with zero attached hydrogens (tertiary/aromatic N) is 2. The number of para-hydroxylation sites is 1. The van der Waals surface area contributed by atoms with Gasteiger partial charge in [-0.2, -0.15) is 0 Å². The Kier molecular flexibility index (Phi) is 2.74. The van der Waals surface area contributed by atoms with Crippen LogP contribution >= 0.6 is 0 Å². The molecule has 0 saturated carbocycles. The van der Waals surface area contributed by atoms with E-state index in [1.54, 1.807) is 0 Å². The Morgan fingerprint density at radius 1 is 1.50 bits per heavy atom. The van der Waals surface area contributed by atoms with E-state index < -0.39 is 0 Å². The second-order valence-corrected chi connectivity index (χ2v) is 5.15. The number of rotatable bonds is 2. The van der Waals surface area contributed by atoms with Crippen LogP contribution in [0.5, 0.6) is 0 Å². The molecule has 4 heteroatoms. The zero-order valence-corrected chi connectivity index (χ0v) is 10.9. The van der Waals surface area contributed by atoms with Crippen molar-refractivity contribution in [3.05, 3.63) is 23.8 Å². The zero-order chi connectivity index (χ0) is 12.7. The zero-order valence-electron chi connectivity index (χ0n) is 10.9. The second-order valence-electron chi connectivity index (χ2n) is 5.15. The van der Waals surface area contributed by atoms with Crippen molar-refractivity contribution >= 4 is 17.0 Å². The molecule has 1 saturated heterocycles. The topological polar surface area (TPSA) is 53.1 Å².